The fourth-order valence-corrected chi connectivity index (χ4v) is 1.21. The van der Waals surface area contributed by atoms with Gasteiger partial charge in [-0.2, -0.15) is 0 Å². The van der Waals surface area contributed by atoms with Crippen LogP contribution in [0.25, 0.3) is 0 Å². The molecule has 0 fully saturated rings. The molecule has 0 aliphatic rings. The van der Waals surface area contributed by atoms with Gasteiger partial charge in [0.05, 0.1) is 0 Å². The van der Waals surface area contributed by atoms with Crippen LogP contribution in [0.4, 0.5) is 11.4 Å². The van der Waals surface area contributed by atoms with Crippen LogP contribution in [0.2, 0.25) is 0 Å². The number of hydrogen-bond donors (Lipinski definition) is 1. The van der Waals surface area contributed by atoms with E-state index in [0.717, 1.165) is 11.4 Å². The molecule has 0 aliphatic heterocycles. The zero-order valence-corrected chi connectivity index (χ0v) is 9.75. The van der Waals surface area contributed by atoms with Crippen molar-refractivity contribution in [2.75, 3.05) is 5.32 Å². The van der Waals surface area contributed by atoms with Crippen LogP contribution < -0.4 is 5.32 Å². The van der Waals surface area contributed by atoms with Gasteiger partial charge >= 0.3 is 0 Å². The Balaban J connectivity index is 0.000000980. The predicted octanol–water partition coefficient (Wildman–Crippen LogP) is 3.43. The number of para-hydroxylation sites is 2. The van der Waals surface area contributed by atoms with Crippen molar-refractivity contribution in [3.63, 3.8) is 0 Å². The Labute approximate surface area is 115 Å². The fourth-order valence-electron chi connectivity index (χ4n) is 1.21. The molecule has 0 heterocycles. The standard InChI is InChI=1S/C12H11N.Tb/c1-3-7-11(8-4-1)13-12-9-5-2-6-10-12;/h1-10,13H;. The molecule has 0 amide bonds. The van der Waals surface area contributed by atoms with Crippen LogP contribution in [0.15, 0.2) is 60.7 Å². The van der Waals surface area contributed by atoms with E-state index >= 15 is 0 Å². The van der Waals surface area contributed by atoms with Gasteiger partial charge in [0.1, 0.15) is 0 Å². The Bertz CT molecular complexity index is 321. The molecule has 2 rings (SSSR count). The quantitative estimate of drug-likeness (QED) is 0.891. The molecule has 0 atom stereocenters. The summed E-state index contributed by atoms with van der Waals surface area (Å²) in [6.07, 6.45) is 0. The summed E-state index contributed by atoms with van der Waals surface area (Å²) >= 11 is 0. The summed E-state index contributed by atoms with van der Waals surface area (Å²) in [5.41, 5.74) is 2.24. The average molecular weight is 328 g/mol. The molecule has 2 heteroatoms. The minimum absolute atomic E-state index is 0. The van der Waals surface area contributed by atoms with Gasteiger partial charge in [-0.25, -0.2) is 0 Å². The van der Waals surface area contributed by atoms with E-state index < -0.39 is 0 Å². The van der Waals surface area contributed by atoms with Gasteiger partial charge in [0.15, 0.2) is 0 Å². The Morgan fingerprint density at radius 3 is 1.29 bits per heavy atom. The summed E-state index contributed by atoms with van der Waals surface area (Å²) in [4.78, 5) is 0. The third-order valence-corrected chi connectivity index (χ3v) is 1.84. The van der Waals surface area contributed by atoms with Crippen molar-refractivity contribution in [2.45, 2.75) is 0 Å². The van der Waals surface area contributed by atoms with E-state index in [1.807, 2.05) is 60.7 Å². The predicted molar refractivity (Wildman–Crippen MR) is 56.2 cm³/mol. The first-order valence-corrected chi connectivity index (χ1v) is 4.32. The third-order valence-electron chi connectivity index (χ3n) is 1.84. The van der Waals surface area contributed by atoms with E-state index in [1.165, 1.54) is 0 Å². The van der Waals surface area contributed by atoms with Crippen molar-refractivity contribution >= 4 is 11.4 Å². The van der Waals surface area contributed by atoms with Crippen molar-refractivity contribution < 1.29 is 38.6 Å². The minimum Gasteiger partial charge on any atom is -0.356 e. The second-order valence-electron chi connectivity index (χ2n) is 2.86. The second-order valence-corrected chi connectivity index (χ2v) is 2.86. The molecular weight excluding hydrogens is 317 g/mol. The van der Waals surface area contributed by atoms with Gasteiger partial charge in [-0.3, -0.25) is 0 Å². The van der Waals surface area contributed by atoms with Crippen LogP contribution >= 0.6 is 0 Å². The molecule has 0 unspecified atom stereocenters. The van der Waals surface area contributed by atoms with Crippen LogP contribution in [0.5, 0.6) is 0 Å². The van der Waals surface area contributed by atoms with Gasteiger partial charge in [0.2, 0.25) is 0 Å². The molecule has 0 bridgehead atoms. The van der Waals surface area contributed by atoms with Gasteiger partial charge in [-0.1, -0.05) is 36.4 Å². The molecule has 0 saturated carbocycles. The number of hydrogen-bond acceptors (Lipinski definition) is 1. The molecule has 14 heavy (non-hydrogen) atoms. The minimum atomic E-state index is 0. The molecule has 0 saturated heterocycles. The van der Waals surface area contributed by atoms with Crippen LogP contribution in [0, 0.1) is 38.6 Å². The smallest absolute Gasteiger partial charge is 0.0384 e. The SMILES string of the molecule is [Tb].c1ccc(Nc2ccccc2)cc1. The molecule has 1 radical (unpaired) electrons. The normalized spacial score (nSPS) is 8.86. The Kier molecular flexibility index (Phi) is 5.05. The summed E-state index contributed by atoms with van der Waals surface area (Å²) in [5.74, 6) is 0. The van der Waals surface area contributed by atoms with Crippen molar-refractivity contribution in [3.05, 3.63) is 60.7 Å². The number of anilines is 2. The summed E-state index contributed by atoms with van der Waals surface area (Å²) < 4.78 is 0. The van der Waals surface area contributed by atoms with Gasteiger partial charge in [-0.15, -0.1) is 0 Å². The van der Waals surface area contributed by atoms with Crippen molar-refractivity contribution in [1.29, 1.82) is 0 Å². The van der Waals surface area contributed by atoms with E-state index in [4.69, 9.17) is 0 Å². The topological polar surface area (TPSA) is 12.0 Å². The van der Waals surface area contributed by atoms with Crippen molar-refractivity contribution in [3.8, 4) is 0 Å². The van der Waals surface area contributed by atoms with Gasteiger partial charge in [0, 0.05) is 50.0 Å². The largest absolute Gasteiger partial charge is 0.356 e. The molecule has 2 aromatic rings. The van der Waals surface area contributed by atoms with E-state index in [2.05, 4.69) is 5.32 Å². The second kappa shape index (κ2) is 6.09. The van der Waals surface area contributed by atoms with Crippen LogP contribution in [0.1, 0.15) is 0 Å². The zero-order valence-electron chi connectivity index (χ0n) is 7.61. The number of nitrogens with one attached hydrogen (secondary N) is 1. The maximum atomic E-state index is 3.30. The van der Waals surface area contributed by atoms with E-state index in [9.17, 15) is 0 Å². The Morgan fingerprint density at radius 1 is 0.571 bits per heavy atom. The van der Waals surface area contributed by atoms with Gasteiger partial charge in [0.25, 0.3) is 0 Å². The van der Waals surface area contributed by atoms with E-state index in [1.54, 1.807) is 0 Å². The van der Waals surface area contributed by atoms with Crippen LogP contribution in [0.3, 0.4) is 0 Å². The Hall–Kier alpha value is -0.474. The molecule has 0 spiro atoms. The molecule has 0 aliphatic carbocycles. The third kappa shape index (κ3) is 3.35. The molecule has 0 aromatic heterocycles. The van der Waals surface area contributed by atoms with Crippen LogP contribution in [-0.2, 0) is 0 Å². The monoisotopic (exact) mass is 328 g/mol. The maximum Gasteiger partial charge on any atom is 0.0384 e. The molecule has 1 nitrogen and oxygen atoms in total. The van der Waals surface area contributed by atoms with Crippen molar-refractivity contribution in [1.82, 2.24) is 0 Å². The Morgan fingerprint density at radius 2 is 0.929 bits per heavy atom. The zero-order chi connectivity index (χ0) is 8.93. The van der Waals surface area contributed by atoms with Gasteiger partial charge in [-0.05, 0) is 24.3 Å². The van der Waals surface area contributed by atoms with E-state index in [0.29, 0.717) is 0 Å². The molecule has 73 valence electrons. The molecular formula is C12H11NTb. The number of benzene rings is 2. The summed E-state index contributed by atoms with van der Waals surface area (Å²) in [6.45, 7) is 0. The van der Waals surface area contributed by atoms with Crippen molar-refractivity contribution in [2.24, 2.45) is 0 Å². The first-order valence-electron chi connectivity index (χ1n) is 4.32. The van der Waals surface area contributed by atoms with Crippen LogP contribution in [-0.4, -0.2) is 0 Å². The van der Waals surface area contributed by atoms with Gasteiger partial charge < -0.3 is 5.32 Å². The van der Waals surface area contributed by atoms with E-state index in [-0.39, 0.29) is 38.6 Å². The molecule has 1 N–H and O–H groups in total. The first-order chi connectivity index (χ1) is 6.45. The number of rotatable bonds is 2. The summed E-state index contributed by atoms with van der Waals surface area (Å²) in [5, 5.41) is 3.30. The summed E-state index contributed by atoms with van der Waals surface area (Å²) in [7, 11) is 0. The summed E-state index contributed by atoms with van der Waals surface area (Å²) in [6, 6.07) is 20.3. The first kappa shape index (κ1) is 11.6. The maximum absolute atomic E-state index is 3.30. The fraction of sp³-hybridized carbons (Fsp3) is 0. The average Bonchev–Trinajstić information content (AvgIpc) is 2.21. The molecule has 2 aromatic carbocycles.